The second kappa shape index (κ2) is 6.43. The average Bonchev–Trinajstić information content (AvgIpc) is 2.47. The van der Waals surface area contributed by atoms with Gasteiger partial charge < -0.3 is 5.32 Å². The molecule has 1 amide bonds. The fourth-order valence-corrected chi connectivity index (χ4v) is 4.81. The predicted octanol–water partition coefficient (Wildman–Crippen LogP) is 1.82. The van der Waals surface area contributed by atoms with E-state index in [2.05, 4.69) is 5.32 Å². The third-order valence-electron chi connectivity index (χ3n) is 3.87. The van der Waals surface area contributed by atoms with Crippen LogP contribution in [0.15, 0.2) is 29.2 Å². The molecule has 120 valence electrons. The molecule has 0 spiro atoms. The molecule has 0 heterocycles. The Kier molecular flexibility index (Phi) is 4.80. The molecule has 7 nitrogen and oxygen atoms in total. The maximum Gasteiger partial charge on any atom is 0.269 e. The number of non-ortho nitro benzene ring substituents is 1. The van der Waals surface area contributed by atoms with Gasteiger partial charge in [0.2, 0.25) is 5.91 Å². The summed E-state index contributed by atoms with van der Waals surface area (Å²) in [7, 11) is -3.64. The van der Waals surface area contributed by atoms with Crippen LogP contribution in [0.25, 0.3) is 0 Å². The zero-order valence-corrected chi connectivity index (χ0v) is 13.0. The van der Waals surface area contributed by atoms with Crippen molar-refractivity contribution in [2.24, 2.45) is 0 Å². The topological polar surface area (TPSA) is 106 Å². The normalized spacial score (nSPS) is 22.0. The Hall–Kier alpha value is -1.96. The third kappa shape index (κ3) is 3.44. The number of carbonyl (C=O) groups is 1. The first-order chi connectivity index (χ1) is 10.3. The summed E-state index contributed by atoms with van der Waals surface area (Å²) in [5, 5.41) is 12.7. The van der Waals surface area contributed by atoms with Crippen molar-refractivity contribution in [3.63, 3.8) is 0 Å². The molecule has 0 bridgehead atoms. The van der Waals surface area contributed by atoms with E-state index in [1.165, 1.54) is 31.2 Å². The predicted molar refractivity (Wildman–Crippen MR) is 80.1 cm³/mol. The summed E-state index contributed by atoms with van der Waals surface area (Å²) in [6.07, 6.45) is 2.75. The highest BCUT2D eigenvalue weighted by Crippen LogP contribution is 2.29. The number of nitrogens with zero attached hydrogens (tertiary/aromatic N) is 1. The Labute approximate surface area is 128 Å². The molecule has 2 rings (SSSR count). The van der Waals surface area contributed by atoms with Gasteiger partial charge in [0.1, 0.15) is 0 Å². The number of hydrogen-bond acceptors (Lipinski definition) is 5. The van der Waals surface area contributed by atoms with Crippen molar-refractivity contribution in [1.82, 2.24) is 5.32 Å². The van der Waals surface area contributed by atoms with Crippen LogP contribution in [0.1, 0.15) is 32.6 Å². The molecule has 1 fully saturated rings. The van der Waals surface area contributed by atoms with Crippen molar-refractivity contribution >= 4 is 21.4 Å². The van der Waals surface area contributed by atoms with Crippen LogP contribution in [0, 0.1) is 10.1 Å². The first kappa shape index (κ1) is 16.4. The van der Waals surface area contributed by atoms with E-state index in [0.717, 1.165) is 12.8 Å². The summed E-state index contributed by atoms with van der Waals surface area (Å²) >= 11 is 0. The van der Waals surface area contributed by atoms with E-state index in [-0.39, 0.29) is 16.5 Å². The second-order valence-corrected chi connectivity index (χ2v) is 7.59. The van der Waals surface area contributed by atoms with Crippen LogP contribution in [-0.2, 0) is 14.6 Å². The van der Waals surface area contributed by atoms with Crippen LogP contribution in [0.4, 0.5) is 5.69 Å². The summed E-state index contributed by atoms with van der Waals surface area (Å²) in [4.78, 5) is 21.4. The summed E-state index contributed by atoms with van der Waals surface area (Å²) < 4.78 is 25.5. The molecule has 2 atom stereocenters. The third-order valence-corrected chi connectivity index (χ3v) is 6.16. The van der Waals surface area contributed by atoms with E-state index >= 15 is 0 Å². The van der Waals surface area contributed by atoms with Gasteiger partial charge in [-0.1, -0.05) is 12.8 Å². The molecule has 0 aromatic heterocycles. The number of nitro benzene ring substituents is 1. The lowest BCUT2D eigenvalue weighted by atomic mass is 9.95. The van der Waals surface area contributed by atoms with Crippen molar-refractivity contribution in [1.29, 1.82) is 0 Å². The molecule has 0 aliphatic heterocycles. The lowest BCUT2D eigenvalue weighted by molar-refractivity contribution is -0.384. The minimum absolute atomic E-state index is 0.0559. The number of rotatable bonds is 4. The molecule has 1 aliphatic carbocycles. The van der Waals surface area contributed by atoms with Gasteiger partial charge >= 0.3 is 0 Å². The minimum Gasteiger partial charge on any atom is -0.352 e. The fraction of sp³-hybridized carbons (Fsp3) is 0.500. The van der Waals surface area contributed by atoms with Crippen LogP contribution in [0.5, 0.6) is 0 Å². The van der Waals surface area contributed by atoms with E-state index in [4.69, 9.17) is 0 Å². The van der Waals surface area contributed by atoms with Crippen LogP contribution < -0.4 is 5.32 Å². The number of carbonyl (C=O) groups excluding carboxylic acids is 1. The lowest BCUT2D eigenvalue weighted by Gasteiger charge is -2.31. The Morgan fingerprint density at radius 2 is 1.82 bits per heavy atom. The highest BCUT2D eigenvalue weighted by Gasteiger charge is 2.37. The summed E-state index contributed by atoms with van der Waals surface area (Å²) in [5.74, 6) is -0.254. The van der Waals surface area contributed by atoms with Crippen molar-refractivity contribution in [2.75, 3.05) is 0 Å². The maximum absolute atomic E-state index is 12.7. The lowest BCUT2D eigenvalue weighted by Crippen LogP contribution is -2.47. The first-order valence-electron chi connectivity index (χ1n) is 7.08. The van der Waals surface area contributed by atoms with Crippen LogP contribution in [0.2, 0.25) is 0 Å². The highest BCUT2D eigenvalue weighted by molar-refractivity contribution is 7.92. The van der Waals surface area contributed by atoms with Gasteiger partial charge in [0.25, 0.3) is 5.69 Å². The SMILES string of the molecule is CC(=O)N[C@@H]1CCCC[C@H]1S(=O)(=O)c1ccc([N+](=O)[O-])cc1. The van der Waals surface area contributed by atoms with E-state index in [9.17, 15) is 23.3 Å². The van der Waals surface area contributed by atoms with Crippen LogP contribution in [0.3, 0.4) is 0 Å². The van der Waals surface area contributed by atoms with E-state index in [0.29, 0.717) is 12.8 Å². The van der Waals surface area contributed by atoms with Gasteiger partial charge in [-0.2, -0.15) is 0 Å². The zero-order valence-electron chi connectivity index (χ0n) is 12.2. The molecule has 1 saturated carbocycles. The molecule has 1 aliphatic rings. The molecule has 1 N–H and O–H groups in total. The van der Waals surface area contributed by atoms with E-state index in [1.807, 2.05) is 0 Å². The number of nitro groups is 1. The number of amides is 1. The number of hydrogen-bond donors (Lipinski definition) is 1. The molecule has 0 unspecified atom stereocenters. The molecule has 1 aromatic carbocycles. The molecule has 0 saturated heterocycles. The largest absolute Gasteiger partial charge is 0.352 e. The van der Waals surface area contributed by atoms with Gasteiger partial charge in [-0.05, 0) is 25.0 Å². The van der Waals surface area contributed by atoms with Gasteiger partial charge in [0.05, 0.1) is 15.1 Å². The van der Waals surface area contributed by atoms with Gasteiger partial charge in [0, 0.05) is 25.1 Å². The van der Waals surface area contributed by atoms with Crippen LogP contribution >= 0.6 is 0 Å². The Bertz CT molecular complexity index is 669. The summed E-state index contributed by atoms with van der Waals surface area (Å²) in [6.45, 7) is 1.37. The summed E-state index contributed by atoms with van der Waals surface area (Å²) in [6, 6.07) is 4.47. The van der Waals surface area contributed by atoms with Crippen molar-refractivity contribution in [3.05, 3.63) is 34.4 Å². The standard InChI is InChI=1S/C14H18N2O5S/c1-10(17)15-13-4-2-3-5-14(13)22(20,21)12-8-6-11(7-9-12)16(18)19/h6-9,13-14H,2-5H2,1H3,(H,15,17)/t13-,14-/m1/s1. The highest BCUT2D eigenvalue weighted by atomic mass is 32.2. The molecule has 22 heavy (non-hydrogen) atoms. The first-order valence-corrected chi connectivity index (χ1v) is 8.62. The van der Waals surface area contributed by atoms with E-state index in [1.54, 1.807) is 0 Å². The molecular weight excluding hydrogens is 308 g/mol. The summed E-state index contributed by atoms with van der Waals surface area (Å²) in [5.41, 5.74) is -0.152. The van der Waals surface area contributed by atoms with Gasteiger partial charge in [0.15, 0.2) is 9.84 Å². The van der Waals surface area contributed by atoms with Crippen LogP contribution in [-0.4, -0.2) is 30.5 Å². The number of benzene rings is 1. The van der Waals surface area contributed by atoms with E-state index < -0.39 is 26.1 Å². The fourth-order valence-electron chi connectivity index (χ4n) is 2.83. The Morgan fingerprint density at radius 1 is 1.23 bits per heavy atom. The maximum atomic E-state index is 12.7. The molecule has 8 heteroatoms. The minimum atomic E-state index is -3.64. The second-order valence-electron chi connectivity index (χ2n) is 5.43. The van der Waals surface area contributed by atoms with Crippen molar-refractivity contribution in [2.45, 2.75) is 48.8 Å². The van der Waals surface area contributed by atoms with Gasteiger partial charge in [-0.25, -0.2) is 8.42 Å². The Balaban J connectivity index is 2.30. The monoisotopic (exact) mass is 326 g/mol. The average molecular weight is 326 g/mol. The molecular formula is C14H18N2O5S. The van der Waals surface area contributed by atoms with Crippen molar-refractivity contribution in [3.8, 4) is 0 Å². The molecule has 1 aromatic rings. The smallest absolute Gasteiger partial charge is 0.269 e. The molecule has 0 radical (unpaired) electrons. The zero-order chi connectivity index (χ0) is 16.3. The van der Waals surface area contributed by atoms with Gasteiger partial charge in [-0.3, -0.25) is 14.9 Å². The number of nitrogens with one attached hydrogen (secondary N) is 1. The van der Waals surface area contributed by atoms with Crippen molar-refractivity contribution < 1.29 is 18.1 Å². The Morgan fingerprint density at radius 3 is 2.36 bits per heavy atom. The quantitative estimate of drug-likeness (QED) is 0.671. The van der Waals surface area contributed by atoms with Gasteiger partial charge in [-0.15, -0.1) is 0 Å². The number of sulfone groups is 1.